The molecule has 0 bridgehead atoms. The lowest BCUT2D eigenvalue weighted by Gasteiger charge is -2.32. The molecule has 0 amide bonds. The van der Waals surface area contributed by atoms with Gasteiger partial charge in [0.15, 0.2) is 5.78 Å². The number of aromatic amines is 1. The quantitative estimate of drug-likeness (QED) is 0.582. The van der Waals surface area contributed by atoms with Crippen molar-refractivity contribution in [1.82, 2.24) is 15.1 Å². The Labute approximate surface area is 166 Å². The number of halogens is 3. The smallest absolute Gasteiger partial charge is 0.416 e. The molecule has 3 rings (SSSR count). The second kappa shape index (κ2) is 8.77. The van der Waals surface area contributed by atoms with Crippen LogP contribution in [-0.4, -0.2) is 46.5 Å². The number of nitrogens with one attached hydrogen (secondary N) is 1. The zero-order chi connectivity index (χ0) is 21.0. The first kappa shape index (κ1) is 21.0. The minimum Gasteiger partial charge on any atom is -0.461 e. The number of hydrogen-bond acceptors (Lipinski definition) is 5. The number of Topliss-reactive ketones (excluding diaryl/α,β-unsaturated/α-hetero) is 1. The molecule has 0 saturated carbocycles. The number of rotatable bonds is 6. The molecule has 0 radical (unpaired) electrons. The average Bonchev–Trinajstić information content (AvgIpc) is 3.15. The second-order valence-corrected chi connectivity index (χ2v) is 7.01. The fourth-order valence-electron chi connectivity index (χ4n) is 3.55. The van der Waals surface area contributed by atoms with Crippen molar-refractivity contribution in [2.24, 2.45) is 5.92 Å². The number of ether oxygens (including phenoxy) is 1. The molecule has 1 atom stereocenters. The summed E-state index contributed by atoms with van der Waals surface area (Å²) >= 11 is 0. The number of esters is 1. The molecule has 1 saturated heterocycles. The summed E-state index contributed by atoms with van der Waals surface area (Å²) in [6.45, 7) is 3.48. The summed E-state index contributed by atoms with van der Waals surface area (Å²) < 4.78 is 43.8. The van der Waals surface area contributed by atoms with Gasteiger partial charge in [0.25, 0.3) is 0 Å². The number of aromatic nitrogens is 2. The summed E-state index contributed by atoms with van der Waals surface area (Å²) in [5.41, 5.74) is 0.185. The molecule has 0 spiro atoms. The Morgan fingerprint density at radius 2 is 2.14 bits per heavy atom. The monoisotopic (exact) mass is 409 g/mol. The maximum atomic E-state index is 12.9. The third-order valence-electron chi connectivity index (χ3n) is 4.94. The zero-order valence-corrected chi connectivity index (χ0v) is 16.0. The Balaban J connectivity index is 1.69. The van der Waals surface area contributed by atoms with E-state index >= 15 is 0 Å². The van der Waals surface area contributed by atoms with Crippen LogP contribution in [0.15, 0.2) is 30.5 Å². The lowest BCUT2D eigenvalue weighted by molar-refractivity contribution is -0.137. The van der Waals surface area contributed by atoms with Crippen molar-refractivity contribution >= 4 is 11.8 Å². The lowest BCUT2D eigenvalue weighted by Crippen LogP contribution is -2.38. The van der Waals surface area contributed by atoms with Gasteiger partial charge in [-0.1, -0.05) is 12.1 Å². The summed E-state index contributed by atoms with van der Waals surface area (Å²) in [4.78, 5) is 26.8. The molecule has 2 heterocycles. The van der Waals surface area contributed by atoms with Crippen molar-refractivity contribution in [3.63, 3.8) is 0 Å². The molecule has 1 unspecified atom stereocenters. The van der Waals surface area contributed by atoms with Crippen LogP contribution in [0.1, 0.15) is 51.7 Å². The molecular formula is C20H22F3N3O3. The van der Waals surface area contributed by atoms with E-state index < -0.39 is 23.6 Å². The maximum Gasteiger partial charge on any atom is 0.416 e. The summed E-state index contributed by atoms with van der Waals surface area (Å²) in [6.07, 6.45) is -1.59. The van der Waals surface area contributed by atoms with Crippen LogP contribution in [0, 0.1) is 5.92 Å². The summed E-state index contributed by atoms with van der Waals surface area (Å²) in [5, 5.41) is 6.53. The largest absolute Gasteiger partial charge is 0.461 e. The number of ketones is 1. The minimum atomic E-state index is -4.49. The number of alkyl halides is 3. The highest BCUT2D eigenvalue weighted by molar-refractivity contribution is 5.98. The fourth-order valence-corrected chi connectivity index (χ4v) is 3.55. The maximum absolute atomic E-state index is 12.9. The average molecular weight is 409 g/mol. The first-order valence-corrected chi connectivity index (χ1v) is 9.42. The zero-order valence-electron chi connectivity index (χ0n) is 16.0. The van der Waals surface area contributed by atoms with Crippen LogP contribution in [0.25, 0.3) is 0 Å². The number of carbonyl (C=O) groups excluding carboxylic acids is 2. The normalized spacial score (nSPS) is 17.9. The van der Waals surface area contributed by atoms with Gasteiger partial charge in [-0.25, -0.2) is 4.79 Å². The third kappa shape index (κ3) is 5.03. The van der Waals surface area contributed by atoms with Gasteiger partial charge in [0, 0.05) is 30.1 Å². The van der Waals surface area contributed by atoms with Crippen molar-refractivity contribution < 1.29 is 27.5 Å². The molecule has 1 aliphatic rings. The molecule has 1 fully saturated rings. The summed E-state index contributed by atoms with van der Waals surface area (Å²) in [7, 11) is 0. The molecule has 2 aromatic rings. The van der Waals surface area contributed by atoms with Crippen LogP contribution in [0.4, 0.5) is 13.2 Å². The number of likely N-dealkylation sites (tertiary alicyclic amines) is 1. The van der Waals surface area contributed by atoms with Crippen LogP contribution in [0.2, 0.25) is 0 Å². The number of H-pyrrole nitrogens is 1. The van der Waals surface area contributed by atoms with Gasteiger partial charge < -0.3 is 4.74 Å². The van der Waals surface area contributed by atoms with Crippen molar-refractivity contribution in [2.45, 2.75) is 32.5 Å². The van der Waals surface area contributed by atoms with Gasteiger partial charge in [0.1, 0.15) is 5.69 Å². The van der Waals surface area contributed by atoms with E-state index in [-0.39, 0.29) is 23.6 Å². The Kier molecular flexibility index (Phi) is 6.36. The molecule has 1 aliphatic heterocycles. The SMILES string of the molecule is CCOC(=O)c1[nH]ncc1CN1CCCC(C(=O)c2cccc(C(F)(F)F)c2)C1. The van der Waals surface area contributed by atoms with Crippen LogP contribution in [-0.2, 0) is 17.5 Å². The number of piperidine rings is 1. The van der Waals surface area contributed by atoms with Crippen LogP contribution < -0.4 is 0 Å². The Morgan fingerprint density at radius 1 is 1.34 bits per heavy atom. The number of carbonyl (C=O) groups is 2. The molecule has 29 heavy (non-hydrogen) atoms. The predicted molar refractivity (Wildman–Crippen MR) is 98.3 cm³/mol. The van der Waals surface area contributed by atoms with Crippen LogP contribution in [0.3, 0.4) is 0 Å². The van der Waals surface area contributed by atoms with Crippen molar-refractivity contribution in [3.8, 4) is 0 Å². The van der Waals surface area contributed by atoms with Gasteiger partial charge >= 0.3 is 12.1 Å². The fraction of sp³-hybridized carbons (Fsp3) is 0.450. The van der Waals surface area contributed by atoms with E-state index in [1.165, 1.54) is 12.1 Å². The Hall–Kier alpha value is -2.68. The first-order chi connectivity index (χ1) is 13.8. The highest BCUT2D eigenvalue weighted by Gasteiger charge is 2.32. The Bertz CT molecular complexity index is 879. The molecule has 1 aromatic heterocycles. The number of hydrogen-bond donors (Lipinski definition) is 1. The van der Waals surface area contributed by atoms with E-state index in [0.717, 1.165) is 25.1 Å². The van der Waals surface area contributed by atoms with Crippen molar-refractivity contribution in [2.75, 3.05) is 19.7 Å². The van der Waals surface area contributed by atoms with E-state index in [9.17, 15) is 22.8 Å². The molecule has 6 nitrogen and oxygen atoms in total. The van der Waals surface area contributed by atoms with Gasteiger partial charge in [-0.3, -0.25) is 14.8 Å². The molecule has 1 aromatic carbocycles. The topological polar surface area (TPSA) is 75.3 Å². The number of benzene rings is 1. The second-order valence-electron chi connectivity index (χ2n) is 7.01. The first-order valence-electron chi connectivity index (χ1n) is 9.42. The van der Waals surface area contributed by atoms with Crippen molar-refractivity contribution in [3.05, 3.63) is 52.8 Å². The number of nitrogens with zero attached hydrogens (tertiary/aromatic N) is 2. The molecular weight excluding hydrogens is 387 g/mol. The van der Waals surface area contributed by atoms with E-state index in [2.05, 4.69) is 10.2 Å². The van der Waals surface area contributed by atoms with E-state index in [1.807, 2.05) is 4.90 Å². The van der Waals surface area contributed by atoms with Crippen LogP contribution in [0.5, 0.6) is 0 Å². The van der Waals surface area contributed by atoms with E-state index in [1.54, 1.807) is 13.1 Å². The van der Waals surface area contributed by atoms with Gasteiger partial charge in [0.05, 0.1) is 18.4 Å². The molecule has 0 aliphatic carbocycles. The highest BCUT2D eigenvalue weighted by Crippen LogP contribution is 2.31. The van der Waals surface area contributed by atoms with Crippen molar-refractivity contribution in [1.29, 1.82) is 0 Å². The standard InChI is InChI=1S/C20H22F3N3O3/c1-2-29-19(28)17-15(10-24-25-17)12-26-8-4-6-14(11-26)18(27)13-5-3-7-16(9-13)20(21,22)23/h3,5,7,9-10,14H,2,4,6,8,11-12H2,1H3,(H,24,25). The summed E-state index contributed by atoms with van der Waals surface area (Å²) in [6, 6.07) is 4.55. The molecule has 156 valence electrons. The third-order valence-corrected chi connectivity index (χ3v) is 4.94. The Morgan fingerprint density at radius 3 is 2.86 bits per heavy atom. The van der Waals surface area contributed by atoms with Gasteiger partial charge in [-0.15, -0.1) is 0 Å². The summed E-state index contributed by atoms with van der Waals surface area (Å²) in [5.74, 6) is -1.18. The molecule has 9 heteroatoms. The van der Waals surface area contributed by atoms with Crippen LogP contribution >= 0.6 is 0 Å². The van der Waals surface area contributed by atoms with E-state index in [0.29, 0.717) is 25.1 Å². The van der Waals surface area contributed by atoms with E-state index in [4.69, 9.17) is 4.74 Å². The predicted octanol–water partition coefficient (Wildman–Crippen LogP) is 3.70. The van der Waals surface area contributed by atoms with Gasteiger partial charge in [-0.05, 0) is 38.4 Å². The molecule has 1 N–H and O–H groups in total. The van der Waals surface area contributed by atoms with Gasteiger partial charge in [-0.2, -0.15) is 18.3 Å². The minimum absolute atomic E-state index is 0.0715. The highest BCUT2D eigenvalue weighted by atomic mass is 19.4. The van der Waals surface area contributed by atoms with Gasteiger partial charge in [0.2, 0.25) is 0 Å². The lowest BCUT2D eigenvalue weighted by atomic mass is 9.89.